The third kappa shape index (κ3) is 5.49. The highest BCUT2D eigenvalue weighted by atomic mass is 32.1. The Morgan fingerprint density at radius 3 is 2.92 bits per heavy atom. The average Bonchev–Trinajstić information content (AvgIpc) is 2.97. The van der Waals surface area contributed by atoms with E-state index < -0.39 is 0 Å². The molecule has 0 atom stereocenters. The smallest absolute Gasteiger partial charge is 0.250 e. The average molecular weight is 347 g/mol. The summed E-state index contributed by atoms with van der Waals surface area (Å²) < 4.78 is 1.74. The number of unbranched alkanes of at least 4 members (excludes halogenated alkanes) is 1. The summed E-state index contributed by atoms with van der Waals surface area (Å²) in [6.07, 6.45) is 3.76. The lowest BCUT2D eigenvalue weighted by Gasteiger charge is -2.21. The van der Waals surface area contributed by atoms with Crippen molar-refractivity contribution in [2.45, 2.75) is 32.9 Å². The summed E-state index contributed by atoms with van der Waals surface area (Å²) in [6.45, 7) is 4.32. The molecule has 0 bridgehead atoms. The predicted octanol–water partition coefficient (Wildman–Crippen LogP) is 2.10. The van der Waals surface area contributed by atoms with Crippen molar-refractivity contribution in [2.75, 3.05) is 20.6 Å². The SMILES string of the molecule is CN=C(NCCCCn1ccccc1=O)N(C)Cc1csc(C)n1. The summed E-state index contributed by atoms with van der Waals surface area (Å²) in [6, 6.07) is 5.25. The fraction of sp³-hybridized carbons (Fsp3) is 0.471. The molecule has 0 saturated heterocycles. The highest BCUT2D eigenvalue weighted by Crippen LogP contribution is 2.09. The van der Waals surface area contributed by atoms with Crippen LogP contribution >= 0.6 is 11.3 Å². The summed E-state index contributed by atoms with van der Waals surface area (Å²) in [7, 11) is 3.79. The second-order valence-electron chi connectivity index (χ2n) is 5.63. The van der Waals surface area contributed by atoms with Crippen molar-refractivity contribution < 1.29 is 0 Å². The van der Waals surface area contributed by atoms with Crippen LogP contribution in [0.2, 0.25) is 0 Å². The van der Waals surface area contributed by atoms with Crippen molar-refractivity contribution in [3.05, 3.63) is 50.8 Å². The Balaban J connectivity index is 1.71. The number of pyridine rings is 1. The van der Waals surface area contributed by atoms with E-state index in [4.69, 9.17) is 0 Å². The normalized spacial score (nSPS) is 11.5. The first-order valence-electron chi connectivity index (χ1n) is 8.08. The molecule has 0 aliphatic rings. The standard InChI is InChI=1S/C17H25N5OS/c1-14-20-15(13-24-14)12-21(3)17(18-2)19-9-5-7-11-22-10-6-4-8-16(22)23/h4,6,8,10,13H,5,7,9,11-12H2,1-3H3,(H,18,19). The highest BCUT2D eigenvalue weighted by Gasteiger charge is 2.08. The van der Waals surface area contributed by atoms with Gasteiger partial charge in [-0.05, 0) is 25.8 Å². The van der Waals surface area contributed by atoms with Gasteiger partial charge in [-0.1, -0.05) is 6.07 Å². The van der Waals surface area contributed by atoms with Crippen LogP contribution in [0, 0.1) is 6.92 Å². The van der Waals surface area contributed by atoms with E-state index in [2.05, 4.69) is 25.6 Å². The van der Waals surface area contributed by atoms with E-state index in [1.165, 1.54) is 0 Å². The zero-order valence-corrected chi connectivity index (χ0v) is 15.3. The van der Waals surface area contributed by atoms with E-state index in [1.807, 2.05) is 26.2 Å². The molecule has 0 fully saturated rings. The Kier molecular flexibility index (Phi) is 6.99. The van der Waals surface area contributed by atoms with Crippen LogP contribution in [-0.4, -0.2) is 41.1 Å². The molecule has 0 aliphatic heterocycles. The second-order valence-corrected chi connectivity index (χ2v) is 6.69. The first-order valence-corrected chi connectivity index (χ1v) is 8.96. The Morgan fingerprint density at radius 1 is 1.42 bits per heavy atom. The molecule has 0 amide bonds. The molecule has 130 valence electrons. The van der Waals surface area contributed by atoms with E-state index in [9.17, 15) is 4.79 Å². The Morgan fingerprint density at radius 2 is 2.25 bits per heavy atom. The molecule has 2 rings (SSSR count). The Bertz CT molecular complexity index is 722. The number of hydrogen-bond acceptors (Lipinski definition) is 4. The quantitative estimate of drug-likeness (QED) is 0.473. The van der Waals surface area contributed by atoms with E-state index in [0.717, 1.165) is 49.1 Å². The molecular weight excluding hydrogens is 322 g/mol. The number of aliphatic imine (C=N–C) groups is 1. The van der Waals surface area contributed by atoms with E-state index in [-0.39, 0.29) is 5.56 Å². The zero-order valence-electron chi connectivity index (χ0n) is 14.5. The van der Waals surface area contributed by atoms with Crippen LogP contribution in [0.15, 0.2) is 39.6 Å². The molecule has 0 spiro atoms. The number of hydrogen-bond donors (Lipinski definition) is 1. The lowest BCUT2D eigenvalue weighted by atomic mass is 10.3. The van der Waals surface area contributed by atoms with Crippen LogP contribution in [0.4, 0.5) is 0 Å². The molecule has 0 unspecified atom stereocenters. The van der Waals surface area contributed by atoms with Crippen LogP contribution in [-0.2, 0) is 13.1 Å². The van der Waals surface area contributed by atoms with Gasteiger partial charge in [-0.25, -0.2) is 4.98 Å². The fourth-order valence-electron chi connectivity index (χ4n) is 2.44. The second kappa shape index (κ2) is 9.22. The molecule has 0 radical (unpaired) electrons. The third-order valence-corrected chi connectivity index (χ3v) is 4.47. The van der Waals surface area contributed by atoms with E-state index >= 15 is 0 Å². The van der Waals surface area contributed by atoms with Crippen molar-refractivity contribution in [3.63, 3.8) is 0 Å². The fourth-order valence-corrected chi connectivity index (χ4v) is 3.04. The molecule has 0 saturated carbocycles. The van der Waals surface area contributed by atoms with Gasteiger partial charge in [0.2, 0.25) is 5.56 Å². The zero-order chi connectivity index (χ0) is 17.4. The topological polar surface area (TPSA) is 62.5 Å². The number of rotatable bonds is 7. The summed E-state index contributed by atoms with van der Waals surface area (Å²) in [4.78, 5) is 22.5. The minimum atomic E-state index is 0.0551. The summed E-state index contributed by atoms with van der Waals surface area (Å²) >= 11 is 1.66. The molecule has 2 aromatic rings. The first-order chi connectivity index (χ1) is 11.6. The number of guanidine groups is 1. The lowest BCUT2D eigenvalue weighted by Crippen LogP contribution is -2.39. The third-order valence-electron chi connectivity index (χ3n) is 3.65. The summed E-state index contributed by atoms with van der Waals surface area (Å²) in [5, 5.41) is 6.52. The lowest BCUT2D eigenvalue weighted by molar-refractivity contribution is 0.467. The van der Waals surface area contributed by atoms with Crippen molar-refractivity contribution in [3.8, 4) is 0 Å². The van der Waals surface area contributed by atoms with Gasteiger partial charge in [0.1, 0.15) is 0 Å². The molecule has 2 heterocycles. The van der Waals surface area contributed by atoms with Gasteiger partial charge in [0.15, 0.2) is 5.96 Å². The van der Waals surface area contributed by atoms with Crippen LogP contribution in [0.3, 0.4) is 0 Å². The van der Waals surface area contributed by atoms with Gasteiger partial charge in [-0.15, -0.1) is 11.3 Å². The van der Waals surface area contributed by atoms with Crippen molar-refractivity contribution in [1.82, 2.24) is 19.8 Å². The van der Waals surface area contributed by atoms with Gasteiger partial charge in [0.05, 0.1) is 17.2 Å². The summed E-state index contributed by atoms with van der Waals surface area (Å²) in [5.41, 5.74) is 1.12. The van der Waals surface area contributed by atoms with Gasteiger partial charge >= 0.3 is 0 Å². The van der Waals surface area contributed by atoms with Crippen LogP contribution in [0.5, 0.6) is 0 Å². The molecule has 7 heteroatoms. The minimum absolute atomic E-state index is 0.0551. The van der Waals surface area contributed by atoms with Gasteiger partial charge in [0.25, 0.3) is 0 Å². The number of thiazole rings is 1. The van der Waals surface area contributed by atoms with Gasteiger partial charge in [0, 0.05) is 44.8 Å². The maximum absolute atomic E-state index is 11.6. The van der Waals surface area contributed by atoms with Crippen molar-refractivity contribution >= 4 is 17.3 Å². The van der Waals surface area contributed by atoms with Gasteiger partial charge < -0.3 is 14.8 Å². The number of aromatic nitrogens is 2. The number of nitrogens with zero attached hydrogens (tertiary/aromatic N) is 4. The predicted molar refractivity (Wildman–Crippen MR) is 99.6 cm³/mol. The molecular formula is C17H25N5OS. The molecule has 6 nitrogen and oxygen atoms in total. The van der Waals surface area contributed by atoms with Crippen LogP contribution in [0.25, 0.3) is 0 Å². The Hall–Kier alpha value is -2.15. The first kappa shape index (κ1) is 18.2. The highest BCUT2D eigenvalue weighted by molar-refractivity contribution is 7.09. The molecule has 0 aliphatic carbocycles. The molecule has 0 aromatic carbocycles. The van der Waals surface area contributed by atoms with Gasteiger partial charge in [-0.2, -0.15) is 0 Å². The summed E-state index contributed by atoms with van der Waals surface area (Å²) in [5.74, 6) is 0.859. The molecule has 1 N–H and O–H groups in total. The van der Waals surface area contributed by atoms with E-state index in [1.54, 1.807) is 35.1 Å². The number of aryl methyl sites for hydroxylation is 2. The maximum atomic E-state index is 11.6. The number of nitrogens with one attached hydrogen (secondary N) is 1. The van der Waals surface area contributed by atoms with Crippen LogP contribution < -0.4 is 10.9 Å². The monoisotopic (exact) mass is 347 g/mol. The van der Waals surface area contributed by atoms with Gasteiger partial charge in [-0.3, -0.25) is 9.79 Å². The Labute approximate surface area is 146 Å². The minimum Gasteiger partial charge on any atom is -0.356 e. The largest absolute Gasteiger partial charge is 0.356 e. The molecule has 24 heavy (non-hydrogen) atoms. The van der Waals surface area contributed by atoms with Crippen LogP contribution in [0.1, 0.15) is 23.5 Å². The maximum Gasteiger partial charge on any atom is 0.250 e. The van der Waals surface area contributed by atoms with Crippen molar-refractivity contribution in [1.29, 1.82) is 0 Å². The molecule has 2 aromatic heterocycles. The van der Waals surface area contributed by atoms with E-state index in [0.29, 0.717) is 0 Å². The van der Waals surface area contributed by atoms with Crippen molar-refractivity contribution in [2.24, 2.45) is 4.99 Å².